The summed E-state index contributed by atoms with van der Waals surface area (Å²) in [6.45, 7) is 1.21. The van der Waals surface area contributed by atoms with Gasteiger partial charge in [0.25, 0.3) is 5.91 Å². The molecule has 1 amide bonds. The summed E-state index contributed by atoms with van der Waals surface area (Å²) in [6.07, 6.45) is 5.59. The second-order valence-electron chi connectivity index (χ2n) is 5.50. The summed E-state index contributed by atoms with van der Waals surface area (Å²) in [5.74, 6) is 0.304. The topological polar surface area (TPSA) is 96.2 Å². The Kier molecular flexibility index (Phi) is 3.76. The van der Waals surface area contributed by atoms with Crippen molar-refractivity contribution in [1.82, 2.24) is 25.1 Å². The maximum atomic E-state index is 12.0. The lowest BCUT2D eigenvalue weighted by Crippen LogP contribution is -2.45. The zero-order valence-electron chi connectivity index (χ0n) is 12.3. The number of aryl methyl sites for hydroxylation is 1. The molecule has 0 spiro atoms. The highest BCUT2D eigenvalue weighted by atomic mass is 16.3. The summed E-state index contributed by atoms with van der Waals surface area (Å²) < 4.78 is 1.56. The van der Waals surface area contributed by atoms with Crippen molar-refractivity contribution in [3.05, 3.63) is 36.4 Å². The van der Waals surface area contributed by atoms with Crippen molar-refractivity contribution in [2.24, 2.45) is 7.05 Å². The van der Waals surface area contributed by atoms with Crippen molar-refractivity contribution in [3.8, 4) is 0 Å². The number of aromatic nitrogens is 4. The summed E-state index contributed by atoms with van der Waals surface area (Å²) in [4.78, 5) is 22.2. The predicted molar refractivity (Wildman–Crippen MR) is 79.4 cm³/mol. The Morgan fingerprint density at radius 3 is 2.91 bits per heavy atom. The van der Waals surface area contributed by atoms with E-state index in [2.05, 4.69) is 20.4 Å². The van der Waals surface area contributed by atoms with Gasteiger partial charge in [0.15, 0.2) is 0 Å². The lowest BCUT2D eigenvalue weighted by Gasteiger charge is -2.23. The first-order chi connectivity index (χ1) is 10.6. The molecule has 3 heterocycles. The van der Waals surface area contributed by atoms with Crippen molar-refractivity contribution in [1.29, 1.82) is 0 Å². The van der Waals surface area contributed by atoms with E-state index in [9.17, 15) is 9.90 Å². The smallest absolute Gasteiger partial charge is 0.271 e. The molecule has 2 aromatic heterocycles. The highest BCUT2D eigenvalue weighted by Crippen LogP contribution is 2.23. The molecule has 2 N–H and O–H groups in total. The number of carbonyl (C=O) groups is 1. The zero-order valence-corrected chi connectivity index (χ0v) is 12.3. The second-order valence-corrected chi connectivity index (χ2v) is 5.50. The quantitative estimate of drug-likeness (QED) is 0.796. The van der Waals surface area contributed by atoms with E-state index in [-0.39, 0.29) is 12.5 Å². The monoisotopic (exact) mass is 302 g/mol. The van der Waals surface area contributed by atoms with E-state index < -0.39 is 5.60 Å². The van der Waals surface area contributed by atoms with Gasteiger partial charge in [-0.05, 0) is 18.6 Å². The minimum atomic E-state index is -0.982. The molecule has 0 unspecified atom stereocenters. The highest BCUT2D eigenvalue weighted by Gasteiger charge is 2.37. The van der Waals surface area contributed by atoms with Gasteiger partial charge in [0, 0.05) is 38.7 Å². The molecule has 8 heteroatoms. The van der Waals surface area contributed by atoms with Crippen molar-refractivity contribution in [2.75, 3.05) is 24.5 Å². The summed E-state index contributed by atoms with van der Waals surface area (Å²) in [5.41, 5.74) is -0.642. The fraction of sp³-hybridized carbons (Fsp3) is 0.429. The van der Waals surface area contributed by atoms with E-state index in [0.29, 0.717) is 31.2 Å². The lowest BCUT2D eigenvalue weighted by atomic mass is 10.0. The van der Waals surface area contributed by atoms with E-state index >= 15 is 0 Å². The second kappa shape index (κ2) is 5.72. The van der Waals surface area contributed by atoms with Crippen LogP contribution < -0.4 is 10.2 Å². The van der Waals surface area contributed by atoms with Gasteiger partial charge in [0.1, 0.15) is 11.3 Å². The number of amides is 1. The number of hydrogen-bond acceptors (Lipinski definition) is 6. The van der Waals surface area contributed by atoms with Crippen LogP contribution in [0.3, 0.4) is 0 Å². The molecule has 0 aliphatic carbocycles. The number of nitrogens with zero attached hydrogens (tertiary/aromatic N) is 5. The summed E-state index contributed by atoms with van der Waals surface area (Å²) >= 11 is 0. The van der Waals surface area contributed by atoms with Crippen LogP contribution >= 0.6 is 0 Å². The van der Waals surface area contributed by atoms with Gasteiger partial charge in [-0.25, -0.2) is 9.97 Å². The predicted octanol–water partition coefficient (Wildman–Crippen LogP) is -0.419. The van der Waals surface area contributed by atoms with Gasteiger partial charge in [0.2, 0.25) is 5.95 Å². The minimum absolute atomic E-state index is 0.172. The van der Waals surface area contributed by atoms with Gasteiger partial charge in [-0.2, -0.15) is 5.10 Å². The maximum absolute atomic E-state index is 12.0. The van der Waals surface area contributed by atoms with Gasteiger partial charge < -0.3 is 15.3 Å². The maximum Gasteiger partial charge on any atom is 0.271 e. The van der Waals surface area contributed by atoms with Crippen LogP contribution in [0.5, 0.6) is 0 Å². The number of anilines is 1. The van der Waals surface area contributed by atoms with Crippen LogP contribution in [-0.4, -0.2) is 56.0 Å². The third kappa shape index (κ3) is 3.06. The minimum Gasteiger partial charge on any atom is -0.386 e. The molecule has 0 radical (unpaired) electrons. The molecule has 2 aromatic rings. The summed E-state index contributed by atoms with van der Waals surface area (Å²) in [5, 5.41) is 17.4. The Balaban J connectivity index is 1.58. The van der Waals surface area contributed by atoms with E-state index in [1.807, 2.05) is 4.90 Å². The molecule has 22 heavy (non-hydrogen) atoms. The van der Waals surface area contributed by atoms with Crippen LogP contribution in [0.4, 0.5) is 5.95 Å². The molecule has 0 aromatic carbocycles. The molecule has 1 aliphatic heterocycles. The van der Waals surface area contributed by atoms with Crippen molar-refractivity contribution in [2.45, 2.75) is 12.0 Å². The molecule has 3 rings (SSSR count). The average Bonchev–Trinajstić information content (AvgIpc) is 3.13. The van der Waals surface area contributed by atoms with Crippen LogP contribution in [0.1, 0.15) is 16.9 Å². The Labute approximate surface area is 127 Å². The molecule has 1 fully saturated rings. The first kappa shape index (κ1) is 14.5. The fourth-order valence-electron chi connectivity index (χ4n) is 2.50. The van der Waals surface area contributed by atoms with Crippen molar-refractivity contribution >= 4 is 11.9 Å². The average molecular weight is 302 g/mol. The van der Waals surface area contributed by atoms with Gasteiger partial charge >= 0.3 is 0 Å². The number of aliphatic hydroxyl groups is 1. The van der Waals surface area contributed by atoms with Gasteiger partial charge in [-0.1, -0.05) is 0 Å². The van der Waals surface area contributed by atoms with E-state index in [1.54, 1.807) is 42.5 Å². The third-order valence-electron chi connectivity index (χ3n) is 3.69. The fourth-order valence-corrected chi connectivity index (χ4v) is 2.50. The third-order valence-corrected chi connectivity index (χ3v) is 3.69. The van der Waals surface area contributed by atoms with Crippen molar-refractivity contribution in [3.63, 3.8) is 0 Å². The molecule has 1 atom stereocenters. The van der Waals surface area contributed by atoms with Crippen molar-refractivity contribution < 1.29 is 9.90 Å². The number of carbonyl (C=O) groups excluding carboxylic acids is 1. The standard InChI is InChI=1S/C14H18N6O2/c1-19-7-3-11(18-19)12(21)17-9-14(22)4-8-20(10-14)13-15-5-2-6-16-13/h2-3,5-7,22H,4,8-10H2,1H3,(H,17,21)/t14-/m0/s1. The Hall–Kier alpha value is -2.48. The molecular weight excluding hydrogens is 284 g/mol. The number of nitrogens with one attached hydrogen (secondary N) is 1. The molecule has 116 valence electrons. The molecule has 0 saturated carbocycles. The van der Waals surface area contributed by atoms with E-state index in [1.165, 1.54) is 0 Å². The SMILES string of the molecule is Cn1ccc(C(=O)NC[C@@]2(O)CCN(c3ncccn3)C2)n1. The van der Waals surface area contributed by atoms with Crippen LogP contribution in [-0.2, 0) is 7.05 Å². The van der Waals surface area contributed by atoms with E-state index in [0.717, 1.165) is 0 Å². The zero-order chi connectivity index (χ0) is 15.6. The highest BCUT2D eigenvalue weighted by molar-refractivity contribution is 5.92. The Morgan fingerprint density at radius 2 is 2.23 bits per heavy atom. The number of β-amino-alcohol motifs (C(OH)–C–C–N with tert-alkyl or cyclic N) is 1. The summed E-state index contributed by atoms with van der Waals surface area (Å²) in [6, 6.07) is 3.39. The molecule has 1 aliphatic rings. The van der Waals surface area contributed by atoms with Crippen LogP contribution in [0.25, 0.3) is 0 Å². The number of hydrogen-bond donors (Lipinski definition) is 2. The lowest BCUT2D eigenvalue weighted by molar-refractivity contribution is 0.0573. The number of rotatable bonds is 4. The Morgan fingerprint density at radius 1 is 1.45 bits per heavy atom. The van der Waals surface area contributed by atoms with Gasteiger partial charge in [0.05, 0.1) is 6.54 Å². The van der Waals surface area contributed by atoms with Crippen LogP contribution in [0.15, 0.2) is 30.7 Å². The molecule has 0 bridgehead atoms. The first-order valence-electron chi connectivity index (χ1n) is 7.08. The molecule has 8 nitrogen and oxygen atoms in total. The normalized spacial score (nSPS) is 21.1. The summed E-state index contributed by atoms with van der Waals surface area (Å²) in [7, 11) is 1.75. The largest absolute Gasteiger partial charge is 0.386 e. The van der Waals surface area contributed by atoms with Gasteiger partial charge in [-0.3, -0.25) is 9.48 Å². The van der Waals surface area contributed by atoms with Crippen LogP contribution in [0.2, 0.25) is 0 Å². The molecular formula is C14H18N6O2. The Bertz CT molecular complexity index is 658. The van der Waals surface area contributed by atoms with Crippen LogP contribution in [0, 0.1) is 0 Å². The van der Waals surface area contributed by atoms with E-state index in [4.69, 9.17) is 0 Å². The van der Waals surface area contributed by atoms with Gasteiger partial charge in [-0.15, -0.1) is 0 Å². The molecule has 1 saturated heterocycles. The first-order valence-corrected chi connectivity index (χ1v) is 7.08.